The van der Waals surface area contributed by atoms with Crippen LogP contribution in [0.2, 0.25) is 0 Å². The molecule has 88 valence electrons. The van der Waals surface area contributed by atoms with E-state index < -0.39 is 11.7 Å². The molecule has 0 radical (unpaired) electrons. The van der Waals surface area contributed by atoms with Crippen molar-refractivity contribution >= 4 is 12.0 Å². The fourth-order valence-corrected chi connectivity index (χ4v) is 0.852. The van der Waals surface area contributed by atoms with E-state index in [1.165, 1.54) is 7.05 Å². The van der Waals surface area contributed by atoms with Crippen LogP contribution in [0.3, 0.4) is 0 Å². The zero-order valence-electron chi connectivity index (χ0n) is 10.0. The molecule has 1 atom stereocenters. The van der Waals surface area contributed by atoms with E-state index in [9.17, 15) is 9.59 Å². The second kappa shape index (κ2) is 5.11. The summed E-state index contributed by atoms with van der Waals surface area (Å²) in [7, 11) is 1.39. The number of carbonyl (C=O) groups is 2. The second-order valence-electron chi connectivity index (χ2n) is 4.51. The topological polar surface area (TPSA) is 72.6 Å². The van der Waals surface area contributed by atoms with Crippen molar-refractivity contribution in [2.75, 3.05) is 13.6 Å². The highest BCUT2D eigenvalue weighted by Gasteiger charge is 2.26. The molecule has 0 aliphatic heterocycles. The fourth-order valence-electron chi connectivity index (χ4n) is 0.852. The molecule has 0 aliphatic rings. The molecule has 0 aliphatic carbocycles. The first kappa shape index (κ1) is 13.9. The highest BCUT2D eigenvalue weighted by Crippen LogP contribution is 2.10. The van der Waals surface area contributed by atoms with E-state index in [0.29, 0.717) is 0 Å². The van der Waals surface area contributed by atoms with Crippen molar-refractivity contribution in [2.24, 2.45) is 11.7 Å². The van der Waals surface area contributed by atoms with Gasteiger partial charge in [0.25, 0.3) is 0 Å². The van der Waals surface area contributed by atoms with Gasteiger partial charge in [0.1, 0.15) is 5.60 Å². The quantitative estimate of drug-likeness (QED) is 0.746. The Morgan fingerprint density at radius 1 is 1.40 bits per heavy atom. The zero-order chi connectivity index (χ0) is 12.2. The summed E-state index contributed by atoms with van der Waals surface area (Å²) in [6.07, 6.45) is -0.646. The van der Waals surface area contributed by atoms with E-state index >= 15 is 0 Å². The van der Waals surface area contributed by atoms with Gasteiger partial charge in [0, 0.05) is 19.5 Å². The molecule has 2 N–H and O–H groups in total. The standard InChI is InChI=1S/C10H20N2O3/c1-7(6-11)8(13)12(5)9(14)15-10(2,3)4/h7H,6,11H2,1-5H3/t7-/m1/s1. The summed E-state index contributed by atoms with van der Waals surface area (Å²) < 4.78 is 5.04. The van der Waals surface area contributed by atoms with Crippen LogP contribution in [0.25, 0.3) is 0 Å². The normalized spacial score (nSPS) is 13.2. The van der Waals surface area contributed by atoms with E-state index in [1.807, 2.05) is 0 Å². The first-order valence-corrected chi connectivity index (χ1v) is 4.89. The molecule has 0 aromatic carbocycles. The van der Waals surface area contributed by atoms with Gasteiger partial charge in [-0.2, -0.15) is 0 Å². The molecule has 0 aromatic rings. The van der Waals surface area contributed by atoms with Crippen molar-refractivity contribution in [1.29, 1.82) is 0 Å². The van der Waals surface area contributed by atoms with Gasteiger partial charge >= 0.3 is 6.09 Å². The molecule has 5 nitrogen and oxygen atoms in total. The van der Waals surface area contributed by atoms with E-state index in [1.54, 1.807) is 27.7 Å². The Bertz CT molecular complexity index is 246. The third-order valence-electron chi connectivity index (χ3n) is 1.77. The van der Waals surface area contributed by atoms with Gasteiger partial charge in [-0.1, -0.05) is 6.92 Å². The van der Waals surface area contributed by atoms with Gasteiger partial charge < -0.3 is 10.5 Å². The number of rotatable bonds is 2. The molecule has 5 heteroatoms. The summed E-state index contributed by atoms with van der Waals surface area (Å²) in [6, 6.07) is 0. The van der Waals surface area contributed by atoms with Gasteiger partial charge in [-0.25, -0.2) is 4.79 Å². The fraction of sp³-hybridized carbons (Fsp3) is 0.800. The predicted molar refractivity (Wildman–Crippen MR) is 57.2 cm³/mol. The number of amides is 2. The van der Waals surface area contributed by atoms with E-state index in [2.05, 4.69) is 0 Å². The molecule has 0 saturated carbocycles. The molecular weight excluding hydrogens is 196 g/mol. The van der Waals surface area contributed by atoms with Gasteiger partial charge in [-0.3, -0.25) is 9.69 Å². The lowest BCUT2D eigenvalue weighted by molar-refractivity contribution is -0.132. The van der Waals surface area contributed by atoms with E-state index in [0.717, 1.165) is 4.90 Å². The van der Waals surface area contributed by atoms with Crippen LogP contribution < -0.4 is 5.73 Å². The Hall–Kier alpha value is -1.10. The average molecular weight is 216 g/mol. The summed E-state index contributed by atoms with van der Waals surface area (Å²) in [4.78, 5) is 24.0. The SMILES string of the molecule is C[C@H](CN)C(=O)N(C)C(=O)OC(C)(C)C. The van der Waals surface area contributed by atoms with Crippen molar-refractivity contribution < 1.29 is 14.3 Å². The van der Waals surface area contributed by atoms with Crippen LogP contribution in [-0.4, -0.2) is 36.1 Å². The van der Waals surface area contributed by atoms with Crippen molar-refractivity contribution in [3.63, 3.8) is 0 Å². The number of imide groups is 1. The minimum atomic E-state index is -0.646. The smallest absolute Gasteiger partial charge is 0.416 e. The minimum Gasteiger partial charge on any atom is -0.443 e. The molecule has 0 bridgehead atoms. The van der Waals surface area contributed by atoms with Gasteiger partial charge in [0.2, 0.25) is 5.91 Å². The summed E-state index contributed by atoms with van der Waals surface area (Å²) in [5.74, 6) is -0.700. The van der Waals surface area contributed by atoms with Crippen molar-refractivity contribution in [3.05, 3.63) is 0 Å². The maximum atomic E-state index is 11.5. The molecule has 0 rings (SSSR count). The number of ether oxygens (including phenoxy) is 1. The average Bonchev–Trinajstić information content (AvgIpc) is 2.11. The molecule has 0 spiro atoms. The second-order valence-corrected chi connectivity index (χ2v) is 4.51. The van der Waals surface area contributed by atoms with E-state index in [-0.39, 0.29) is 18.4 Å². The Morgan fingerprint density at radius 3 is 2.20 bits per heavy atom. The number of nitrogens with zero attached hydrogens (tertiary/aromatic N) is 1. The van der Waals surface area contributed by atoms with Crippen LogP contribution in [0.5, 0.6) is 0 Å². The van der Waals surface area contributed by atoms with Crippen molar-refractivity contribution in [2.45, 2.75) is 33.3 Å². The Kier molecular flexibility index (Phi) is 4.74. The first-order valence-electron chi connectivity index (χ1n) is 4.89. The third kappa shape index (κ3) is 4.78. The van der Waals surface area contributed by atoms with Gasteiger partial charge in [-0.05, 0) is 20.8 Å². The van der Waals surface area contributed by atoms with Crippen LogP contribution >= 0.6 is 0 Å². The molecule has 15 heavy (non-hydrogen) atoms. The van der Waals surface area contributed by atoms with Gasteiger partial charge in [-0.15, -0.1) is 0 Å². The number of hydrogen-bond donors (Lipinski definition) is 1. The molecular formula is C10H20N2O3. The number of nitrogens with two attached hydrogens (primary N) is 1. The highest BCUT2D eigenvalue weighted by molar-refractivity contribution is 5.92. The monoisotopic (exact) mass is 216 g/mol. The van der Waals surface area contributed by atoms with Crippen molar-refractivity contribution in [1.82, 2.24) is 4.90 Å². The maximum absolute atomic E-state index is 11.5. The van der Waals surface area contributed by atoms with Crippen LogP contribution in [0.1, 0.15) is 27.7 Å². The Balaban J connectivity index is 4.39. The summed E-state index contributed by atoms with van der Waals surface area (Å²) in [5.41, 5.74) is 4.74. The first-order chi connectivity index (χ1) is 6.69. The molecule has 2 amide bonds. The number of carbonyl (C=O) groups excluding carboxylic acids is 2. The molecule has 0 fully saturated rings. The van der Waals surface area contributed by atoms with E-state index in [4.69, 9.17) is 10.5 Å². The summed E-state index contributed by atoms with van der Waals surface area (Å²) in [5, 5.41) is 0. The summed E-state index contributed by atoms with van der Waals surface area (Å²) >= 11 is 0. The Labute approximate surface area is 90.6 Å². The van der Waals surface area contributed by atoms with Gasteiger partial charge in [0.15, 0.2) is 0 Å². The lowest BCUT2D eigenvalue weighted by Gasteiger charge is -2.24. The van der Waals surface area contributed by atoms with Gasteiger partial charge in [0.05, 0.1) is 0 Å². The lowest BCUT2D eigenvalue weighted by Crippen LogP contribution is -2.42. The lowest BCUT2D eigenvalue weighted by atomic mass is 10.1. The van der Waals surface area contributed by atoms with Crippen molar-refractivity contribution in [3.8, 4) is 0 Å². The molecule has 0 saturated heterocycles. The third-order valence-corrected chi connectivity index (χ3v) is 1.77. The van der Waals surface area contributed by atoms with Crippen LogP contribution in [0.15, 0.2) is 0 Å². The largest absolute Gasteiger partial charge is 0.443 e. The zero-order valence-corrected chi connectivity index (χ0v) is 10.0. The number of hydrogen-bond acceptors (Lipinski definition) is 4. The summed E-state index contributed by atoms with van der Waals surface area (Å²) in [6.45, 7) is 7.12. The molecule has 0 aromatic heterocycles. The molecule has 0 unspecified atom stereocenters. The maximum Gasteiger partial charge on any atom is 0.416 e. The van der Waals surface area contributed by atoms with Crippen LogP contribution in [0, 0.1) is 5.92 Å². The minimum absolute atomic E-state index is 0.214. The highest BCUT2D eigenvalue weighted by atomic mass is 16.6. The molecule has 0 heterocycles. The van der Waals surface area contributed by atoms with Crippen LogP contribution in [-0.2, 0) is 9.53 Å². The Morgan fingerprint density at radius 2 is 1.87 bits per heavy atom. The predicted octanol–water partition coefficient (Wildman–Crippen LogP) is 0.975. The van der Waals surface area contributed by atoms with Crippen LogP contribution in [0.4, 0.5) is 4.79 Å².